The van der Waals surface area contributed by atoms with Crippen LogP contribution in [-0.4, -0.2) is 10.2 Å². The fraction of sp³-hybridized carbons (Fsp3) is 0.0909. The summed E-state index contributed by atoms with van der Waals surface area (Å²) >= 11 is 4.29. The van der Waals surface area contributed by atoms with Crippen LogP contribution in [0, 0.1) is 0 Å². The molecule has 0 heterocycles. The zero-order valence-corrected chi connectivity index (χ0v) is 14.7. The predicted molar refractivity (Wildman–Crippen MR) is 106 cm³/mol. The van der Waals surface area contributed by atoms with Crippen molar-refractivity contribution in [3.8, 4) is 11.5 Å². The van der Waals surface area contributed by atoms with Gasteiger partial charge in [-0.25, -0.2) is 0 Å². The minimum Gasteiger partial charge on any atom is -0.508 e. The highest BCUT2D eigenvalue weighted by molar-refractivity contribution is 7.80. The highest BCUT2D eigenvalue weighted by Gasteiger charge is 2.03. The number of benzene rings is 3. The molecule has 3 aromatic rings. The number of thiol groups is 1. The van der Waals surface area contributed by atoms with Crippen molar-refractivity contribution < 1.29 is 10.2 Å². The summed E-state index contributed by atoms with van der Waals surface area (Å²) in [5.74, 6) is 0.406. The van der Waals surface area contributed by atoms with E-state index in [9.17, 15) is 10.2 Å². The monoisotopic (exact) mass is 348 g/mol. The van der Waals surface area contributed by atoms with Crippen molar-refractivity contribution in [2.75, 3.05) is 0 Å². The van der Waals surface area contributed by atoms with E-state index >= 15 is 0 Å². The predicted octanol–water partition coefficient (Wildman–Crippen LogP) is 5.34. The van der Waals surface area contributed by atoms with Crippen LogP contribution in [0.3, 0.4) is 0 Å². The van der Waals surface area contributed by atoms with Crippen LogP contribution in [0.5, 0.6) is 11.5 Å². The number of aromatic hydroxyl groups is 2. The Morgan fingerprint density at radius 1 is 0.720 bits per heavy atom. The zero-order valence-electron chi connectivity index (χ0n) is 13.8. The summed E-state index contributed by atoms with van der Waals surface area (Å²) in [5, 5.41) is 19.3. The Bertz CT molecular complexity index is 866. The molecule has 0 aliphatic rings. The molecule has 0 fully saturated rings. The van der Waals surface area contributed by atoms with Gasteiger partial charge < -0.3 is 10.2 Å². The standard InChI is InChI=1S/C22H20O2S/c23-20-11-14-22(24)19(15-20)10-7-17-4-1-16(2-5-17)3-6-18-8-12-21(25)13-9-18/h1-6,8-9,11-15,23-25H,7,10H2/b6-3+. The van der Waals surface area contributed by atoms with Gasteiger partial charge in [0.2, 0.25) is 0 Å². The lowest BCUT2D eigenvalue weighted by atomic mass is 10.0. The first-order valence-electron chi connectivity index (χ1n) is 8.17. The summed E-state index contributed by atoms with van der Waals surface area (Å²) in [4.78, 5) is 0.958. The maximum atomic E-state index is 9.83. The number of aryl methyl sites for hydroxylation is 2. The van der Waals surface area contributed by atoms with E-state index in [1.165, 1.54) is 17.7 Å². The smallest absolute Gasteiger partial charge is 0.119 e. The SMILES string of the molecule is Oc1ccc(O)c(CCc2ccc(/C=C/c3ccc(S)cc3)cc2)c1. The van der Waals surface area contributed by atoms with E-state index in [-0.39, 0.29) is 11.5 Å². The Kier molecular flexibility index (Phi) is 5.46. The maximum absolute atomic E-state index is 9.83. The fourth-order valence-electron chi connectivity index (χ4n) is 2.62. The van der Waals surface area contributed by atoms with Crippen LogP contribution in [-0.2, 0) is 12.8 Å². The summed E-state index contributed by atoms with van der Waals surface area (Å²) < 4.78 is 0. The minimum absolute atomic E-state index is 0.180. The Morgan fingerprint density at radius 2 is 1.32 bits per heavy atom. The third-order valence-corrected chi connectivity index (χ3v) is 4.39. The van der Waals surface area contributed by atoms with Gasteiger partial charge >= 0.3 is 0 Å². The van der Waals surface area contributed by atoms with Gasteiger partial charge in [-0.05, 0) is 65.4 Å². The molecule has 0 amide bonds. The molecule has 25 heavy (non-hydrogen) atoms. The van der Waals surface area contributed by atoms with Gasteiger partial charge in [0.25, 0.3) is 0 Å². The highest BCUT2D eigenvalue weighted by Crippen LogP contribution is 2.23. The molecule has 3 rings (SSSR count). The van der Waals surface area contributed by atoms with Crippen molar-refractivity contribution in [3.05, 3.63) is 89.0 Å². The molecule has 0 atom stereocenters. The van der Waals surface area contributed by atoms with Gasteiger partial charge in [0.15, 0.2) is 0 Å². The van der Waals surface area contributed by atoms with Gasteiger partial charge in [0, 0.05) is 4.90 Å². The van der Waals surface area contributed by atoms with Crippen molar-refractivity contribution in [2.45, 2.75) is 17.7 Å². The van der Waals surface area contributed by atoms with Gasteiger partial charge in [0.05, 0.1) is 0 Å². The molecule has 2 nitrogen and oxygen atoms in total. The highest BCUT2D eigenvalue weighted by atomic mass is 32.1. The van der Waals surface area contributed by atoms with Crippen molar-refractivity contribution >= 4 is 24.8 Å². The first-order valence-corrected chi connectivity index (χ1v) is 8.62. The minimum atomic E-state index is 0.180. The number of phenolic OH excluding ortho intramolecular Hbond substituents is 2. The van der Waals surface area contributed by atoms with Crippen LogP contribution in [0.4, 0.5) is 0 Å². The molecule has 0 unspecified atom stereocenters. The molecule has 0 spiro atoms. The van der Waals surface area contributed by atoms with Crippen LogP contribution in [0.25, 0.3) is 12.2 Å². The Hall–Kier alpha value is -2.65. The molecule has 0 aliphatic carbocycles. The van der Waals surface area contributed by atoms with Crippen molar-refractivity contribution in [1.82, 2.24) is 0 Å². The third kappa shape index (κ3) is 4.91. The molecular weight excluding hydrogens is 328 g/mol. The molecular formula is C22H20O2S. The molecule has 2 N–H and O–H groups in total. The molecule has 0 bridgehead atoms. The van der Waals surface area contributed by atoms with Crippen LogP contribution < -0.4 is 0 Å². The first-order chi connectivity index (χ1) is 12.1. The number of rotatable bonds is 5. The van der Waals surface area contributed by atoms with Crippen molar-refractivity contribution in [1.29, 1.82) is 0 Å². The average molecular weight is 348 g/mol. The van der Waals surface area contributed by atoms with E-state index in [4.69, 9.17) is 0 Å². The van der Waals surface area contributed by atoms with Gasteiger partial charge in [-0.15, -0.1) is 12.6 Å². The summed E-state index contributed by atoms with van der Waals surface area (Å²) in [5.41, 5.74) is 4.23. The quantitative estimate of drug-likeness (QED) is 0.331. The largest absolute Gasteiger partial charge is 0.508 e. The summed E-state index contributed by atoms with van der Waals surface area (Å²) in [6.45, 7) is 0. The average Bonchev–Trinajstić information content (AvgIpc) is 2.63. The molecule has 0 aromatic heterocycles. The lowest BCUT2D eigenvalue weighted by Gasteiger charge is -2.06. The van der Waals surface area contributed by atoms with Crippen LogP contribution in [0.15, 0.2) is 71.6 Å². The van der Waals surface area contributed by atoms with Crippen LogP contribution in [0.2, 0.25) is 0 Å². The molecule has 0 saturated carbocycles. The first kappa shape index (κ1) is 17.2. The van der Waals surface area contributed by atoms with Crippen molar-refractivity contribution in [3.63, 3.8) is 0 Å². The molecule has 3 aromatic carbocycles. The normalized spacial score (nSPS) is 11.1. The summed E-state index contributed by atoms with van der Waals surface area (Å²) in [6.07, 6.45) is 5.65. The van der Waals surface area contributed by atoms with Crippen molar-refractivity contribution in [2.24, 2.45) is 0 Å². The van der Waals surface area contributed by atoms with Crippen LogP contribution in [0.1, 0.15) is 22.3 Å². The van der Waals surface area contributed by atoms with Crippen LogP contribution >= 0.6 is 12.6 Å². The van der Waals surface area contributed by atoms with Gasteiger partial charge in [0.1, 0.15) is 11.5 Å². The van der Waals surface area contributed by atoms with Gasteiger partial charge in [-0.3, -0.25) is 0 Å². The fourth-order valence-corrected chi connectivity index (χ4v) is 2.77. The van der Waals surface area contributed by atoms with E-state index < -0.39 is 0 Å². The van der Waals surface area contributed by atoms with E-state index in [0.29, 0.717) is 6.42 Å². The lowest BCUT2D eigenvalue weighted by molar-refractivity contribution is 0.454. The molecule has 126 valence electrons. The van der Waals surface area contributed by atoms with E-state index in [1.54, 1.807) is 6.07 Å². The molecule has 0 saturated heterocycles. The van der Waals surface area contributed by atoms with Gasteiger partial charge in [-0.1, -0.05) is 48.6 Å². The Balaban J connectivity index is 1.62. The van der Waals surface area contributed by atoms with E-state index in [2.05, 4.69) is 49.0 Å². The third-order valence-electron chi connectivity index (χ3n) is 4.09. The molecule has 0 radical (unpaired) electrons. The molecule has 0 aliphatic heterocycles. The topological polar surface area (TPSA) is 40.5 Å². The second kappa shape index (κ2) is 7.95. The lowest BCUT2D eigenvalue weighted by Crippen LogP contribution is -1.92. The van der Waals surface area contributed by atoms with E-state index in [0.717, 1.165) is 28.0 Å². The number of hydrogen-bond acceptors (Lipinski definition) is 3. The summed E-state index contributed by atoms with van der Waals surface area (Å²) in [6, 6.07) is 21.0. The number of phenols is 2. The van der Waals surface area contributed by atoms with E-state index in [1.807, 2.05) is 24.3 Å². The maximum Gasteiger partial charge on any atom is 0.119 e. The second-order valence-corrected chi connectivity index (χ2v) is 6.50. The summed E-state index contributed by atoms with van der Waals surface area (Å²) in [7, 11) is 0. The Labute approximate surface area is 153 Å². The zero-order chi connectivity index (χ0) is 17.6. The van der Waals surface area contributed by atoms with Gasteiger partial charge in [-0.2, -0.15) is 0 Å². The Morgan fingerprint density at radius 3 is 1.96 bits per heavy atom. The number of hydrogen-bond donors (Lipinski definition) is 3. The second-order valence-electron chi connectivity index (χ2n) is 5.98. The molecule has 3 heteroatoms.